The smallest absolute Gasteiger partial charge is 0.334 e. The number of amides is 2. The van der Waals surface area contributed by atoms with Gasteiger partial charge < -0.3 is 10.6 Å². The number of piperidine rings is 1. The number of nitrogens with zero attached hydrogens (tertiary/aromatic N) is 1. The van der Waals surface area contributed by atoms with Crippen molar-refractivity contribution in [3.8, 4) is 0 Å². The number of rotatable bonds is 4. The van der Waals surface area contributed by atoms with E-state index in [4.69, 9.17) is 0 Å². The van der Waals surface area contributed by atoms with Crippen LogP contribution in [0.15, 0.2) is 18.2 Å². The van der Waals surface area contributed by atoms with Crippen LogP contribution in [-0.4, -0.2) is 44.1 Å². The molecule has 1 atom stereocenters. The van der Waals surface area contributed by atoms with Gasteiger partial charge in [0.05, 0.1) is 11.8 Å². The quantitative estimate of drug-likeness (QED) is 0.764. The lowest BCUT2D eigenvalue weighted by Gasteiger charge is -2.31. The van der Waals surface area contributed by atoms with Crippen LogP contribution < -0.4 is 10.6 Å². The van der Waals surface area contributed by atoms with Crippen LogP contribution in [0.2, 0.25) is 0 Å². The number of sulfonamides is 1. The highest BCUT2D eigenvalue weighted by Crippen LogP contribution is 2.32. The predicted octanol–water partition coefficient (Wildman–Crippen LogP) is 2.07. The molecule has 2 N–H and O–H groups in total. The number of benzene rings is 1. The molecule has 0 saturated carbocycles. The third kappa shape index (κ3) is 5.56. The lowest BCUT2D eigenvalue weighted by Crippen LogP contribution is -2.51. The van der Waals surface area contributed by atoms with Crippen LogP contribution in [0.25, 0.3) is 0 Å². The number of halogens is 4. The molecule has 1 aliphatic rings. The van der Waals surface area contributed by atoms with E-state index < -0.39 is 46.2 Å². The average Bonchev–Trinajstić information content (AvgIpc) is 2.52. The van der Waals surface area contributed by atoms with Crippen LogP contribution in [-0.2, 0) is 22.7 Å². The molecule has 1 aromatic carbocycles. The van der Waals surface area contributed by atoms with Gasteiger partial charge >= 0.3 is 12.2 Å². The number of hydrogen-bond donors (Lipinski definition) is 2. The Morgan fingerprint density at radius 3 is 2.65 bits per heavy atom. The highest BCUT2D eigenvalue weighted by molar-refractivity contribution is 7.88. The summed E-state index contributed by atoms with van der Waals surface area (Å²) in [5.41, 5.74) is -1.42. The van der Waals surface area contributed by atoms with Crippen molar-refractivity contribution in [2.45, 2.75) is 31.6 Å². The van der Waals surface area contributed by atoms with Gasteiger partial charge in [-0.05, 0) is 30.5 Å². The first-order valence-electron chi connectivity index (χ1n) is 7.82. The van der Waals surface area contributed by atoms with Crippen molar-refractivity contribution >= 4 is 16.1 Å². The van der Waals surface area contributed by atoms with Gasteiger partial charge in [0.1, 0.15) is 5.82 Å². The Morgan fingerprint density at radius 2 is 2.04 bits per heavy atom. The van der Waals surface area contributed by atoms with Crippen LogP contribution in [0.5, 0.6) is 0 Å². The van der Waals surface area contributed by atoms with E-state index in [0.717, 1.165) is 18.4 Å². The van der Waals surface area contributed by atoms with Crippen LogP contribution in [0, 0.1) is 5.82 Å². The molecule has 2 rings (SSSR count). The summed E-state index contributed by atoms with van der Waals surface area (Å²) in [6.07, 6.45) is -2.55. The highest BCUT2D eigenvalue weighted by atomic mass is 32.2. The molecule has 0 aromatic heterocycles. The molecule has 0 bridgehead atoms. The van der Waals surface area contributed by atoms with Crippen molar-refractivity contribution in [3.05, 3.63) is 35.1 Å². The summed E-state index contributed by atoms with van der Waals surface area (Å²) in [7, 11) is -3.37. The van der Waals surface area contributed by atoms with Gasteiger partial charge in [0, 0.05) is 25.7 Å². The molecule has 1 heterocycles. The predicted molar refractivity (Wildman–Crippen MR) is 86.2 cm³/mol. The Morgan fingerprint density at radius 1 is 1.35 bits per heavy atom. The van der Waals surface area contributed by atoms with Crippen molar-refractivity contribution < 1.29 is 30.8 Å². The molecular weight excluding hydrogens is 378 g/mol. The van der Waals surface area contributed by atoms with Crippen molar-refractivity contribution in [1.29, 1.82) is 0 Å². The lowest BCUT2D eigenvalue weighted by atomic mass is 10.1. The Balaban J connectivity index is 1.95. The zero-order valence-corrected chi connectivity index (χ0v) is 14.8. The van der Waals surface area contributed by atoms with Gasteiger partial charge in [-0.1, -0.05) is 6.07 Å². The Hall–Kier alpha value is -1.88. The topological polar surface area (TPSA) is 78.5 Å². The molecule has 146 valence electrons. The summed E-state index contributed by atoms with van der Waals surface area (Å²) in [5.74, 6) is -1.02. The van der Waals surface area contributed by atoms with E-state index in [1.807, 2.05) is 0 Å². The standard InChI is InChI=1S/C15H19F4N3O3S/c1-26(24,25)22-6-2-3-12(9-22)21-14(23)20-8-10-4-5-11(16)7-13(10)15(17,18)19/h4-5,7,12H,2-3,6,8-9H2,1H3,(H2,20,21,23). The second kappa shape index (κ2) is 7.78. The van der Waals surface area contributed by atoms with Gasteiger partial charge in [-0.15, -0.1) is 0 Å². The summed E-state index contributed by atoms with van der Waals surface area (Å²) in [6.45, 7) is 0.0310. The number of hydrogen-bond acceptors (Lipinski definition) is 3. The maximum absolute atomic E-state index is 13.1. The monoisotopic (exact) mass is 397 g/mol. The molecule has 1 fully saturated rings. The van der Waals surface area contributed by atoms with Gasteiger partial charge in [0.2, 0.25) is 10.0 Å². The SMILES string of the molecule is CS(=O)(=O)N1CCCC(NC(=O)NCc2ccc(F)cc2C(F)(F)F)C1. The first-order valence-corrected chi connectivity index (χ1v) is 9.67. The van der Waals surface area contributed by atoms with Crippen LogP contribution in [0.3, 0.4) is 0 Å². The molecular formula is C15H19F4N3O3S. The van der Waals surface area contributed by atoms with Gasteiger partial charge in [0.25, 0.3) is 0 Å². The summed E-state index contributed by atoms with van der Waals surface area (Å²) in [6, 6.07) is 1.07. The Bertz CT molecular complexity index is 768. The fourth-order valence-corrected chi connectivity index (χ4v) is 3.65. The third-order valence-electron chi connectivity index (χ3n) is 4.01. The first kappa shape index (κ1) is 20.4. The number of carbonyl (C=O) groups is 1. The fraction of sp³-hybridized carbons (Fsp3) is 0.533. The molecule has 1 unspecified atom stereocenters. The number of alkyl halides is 3. The number of urea groups is 1. The molecule has 6 nitrogen and oxygen atoms in total. The number of carbonyl (C=O) groups excluding carboxylic acids is 1. The van der Waals surface area contributed by atoms with E-state index in [9.17, 15) is 30.8 Å². The summed E-state index contributed by atoms with van der Waals surface area (Å²) >= 11 is 0. The Labute approximate surface area is 148 Å². The second-order valence-electron chi connectivity index (χ2n) is 6.09. The molecule has 11 heteroatoms. The summed E-state index contributed by atoms with van der Waals surface area (Å²) in [4.78, 5) is 11.9. The molecule has 26 heavy (non-hydrogen) atoms. The van der Waals surface area contributed by atoms with Crippen molar-refractivity contribution in [1.82, 2.24) is 14.9 Å². The summed E-state index contributed by atoms with van der Waals surface area (Å²) < 4.78 is 76.2. The van der Waals surface area contributed by atoms with E-state index >= 15 is 0 Å². The minimum absolute atomic E-state index is 0.108. The normalized spacial score (nSPS) is 19.2. The van der Waals surface area contributed by atoms with Gasteiger partial charge in [-0.2, -0.15) is 13.2 Å². The van der Waals surface area contributed by atoms with Crippen LogP contribution in [0.1, 0.15) is 24.0 Å². The largest absolute Gasteiger partial charge is 0.416 e. The second-order valence-corrected chi connectivity index (χ2v) is 8.07. The molecule has 0 spiro atoms. The van der Waals surface area contributed by atoms with Crippen molar-refractivity contribution in [3.63, 3.8) is 0 Å². The minimum Gasteiger partial charge on any atom is -0.334 e. The van der Waals surface area contributed by atoms with Gasteiger partial charge in [0.15, 0.2) is 0 Å². The highest BCUT2D eigenvalue weighted by Gasteiger charge is 2.34. The molecule has 1 saturated heterocycles. The van der Waals surface area contributed by atoms with E-state index in [-0.39, 0.29) is 12.1 Å². The van der Waals surface area contributed by atoms with E-state index in [1.165, 1.54) is 4.31 Å². The molecule has 2 amide bonds. The first-order chi connectivity index (χ1) is 12.0. The fourth-order valence-electron chi connectivity index (χ4n) is 2.74. The van der Waals surface area contributed by atoms with Crippen molar-refractivity contribution in [2.75, 3.05) is 19.3 Å². The Kier molecular flexibility index (Phi) is 6.12. The van der Waals surface area contributed by atoms with E-state index in [2.05, 4.69) is 10.6 Å². The summed E-state index contributed by atoms with van der Waals surface area (Å²) in [5, 5.41) is 4.84. The molecule has 0 radical (unpaired) electrons. The van der Waals surface area contributed by atoms with Gasteiger partial charge in [-0.3, -0.25) is 0 Å². The zero-order valence-electron chi connectivity index (χ0n) is 13.9. The van der Waals surface area contributed by atoms with Crippen LogP contribution in [0.4, 0.5) is 22.4 Å². The number of nitrogens with one attached hydrogen (secondary N) is 2. The van der Waals surface area contributed by atoms with Gasteiger partial charge in [-0.25, -0.2) is 21.9 Å². The lowest BCUT2D eigenvalue weighted by molar-refractivity contribution is -0.138. The third-order valence-corrected chi connectivity index (χ3v) is 5.27. The average molecular weight is 397 g/mol. The maximum atomic E-state index is 13.1. The van der Waals surface area contributed by atoms with E-state index in [1.54, 1.807) is 0 Å². The van der Waals surface area contributed by atoms with Crippen LogP contribution >= 0.6 is 0 Å². The minimum atomic E-state index is -4.74. The van der Waals surface area contributed by atoms with E-state index in [0.29, 0.717) is 25.5 Å². The maximum Gasteiger partial charge on any atom is 0.416 e. The van der Waals surface area contributed by atoms with Crippen molar-refractivity contribution in [2.24, 2.45) is 0 Å². The molecule has 1 aliphatic heterocycles. The molecule has 1 aromatic rings. The molecule has 0 aliphatic carbocycles. The zero-order chi connectivity index (χ0) is 19.5.